The molecule has 2 aliphatic heterocycles. The Bertz CT molecular complexity index is 1180. The molecular weight excluding hydrogens is 418 g/mol. The van der Waals surface area contributed by atoms with Gasteiger partial charge < -0.3 is 15.5 Å². The van der Waals surface area contributed by atoms with Gasteiger partial charge in [-0.2, -0.15) is 10.4 Å². The van der Waals surface area contributed by atoms with Gasteiger partial charge in [-0.1, -0.05) is 6.07 Å². The van der Waals surface area contributed by atoms with Gasteiger partial charge in [0.2, 0.25) is 0 Å². The van der Waals surface area contributed by atoms with Crippen LogP contribution in [0, 0.1) is 30.6 Å². The number of fused-ring (bicyclic) bond motifs is 1. The lowest BCUT2D eigenvalue weighted by Gasteiger charge is -2.35. The minimum Gasteiger partial charge on any atom is -0.457 e. The molecule has 1 aromatic carbocycles. The Morgan fingerprint density at radius 3 is 3.00 bits per heavy atom. The van der Waals surface area contributed by atoms with Crippen molar-refractivity contribution in [3.63, 3.8) is 0 Å². The maximum Gasteiger partial charge on any atom is 0.338 e. The van der Waals surface area contributed by atoms with Crippen LogP contribution in [0.25, 0.3) is 0 Å². The van der Waals surface area contributed by atoms with Crippen molar-refractivity contribution < 1.29 is 9.53 Å². The predicted octanol–water partition coefficient (Wildman–Crippen LogP) is 2.69. The summed E-state index contributed by atoms with van der Waals surface area (Å²) < 4.78 is 5.19. The zero-order valence-corrected chi connectivity index (χ0v) is 19.0. The summed E-state index contributed by atoms with van der Waals surface area (Å²) in [7, 11) is 0. The molecule has 1 fully saturated rings. The van der Waals surface area contributed by atoms with Crippen molar-refractivity contribution >= 4 is 23.2 Å². The molecule has 0 saturated carbocycles. The number of hydrazone groups is 1. The van der Waals surface area contributed by atoms with Crippen LogP contribution in [0.2, 0.25) is 0 Å². The Morgan fingerprint density at radius 2 is 2.27 bits per heavy atom. The highest BCUT2D eigenvalue weighted by Gasteiger charge is 2.28. The average Bonchev–Trinajstić information content (AvgIpc) is 3.18. The number of esters is 1. The Kier molecular flexibility index (Phi) is 6.49. The quantitative estimate of drug-likeness (QED) is 0.354. The second-order valence-electron chi connectivity index (χ2n) is 8.42. The van der Waals surface area contributed by atoms with E-state index in [0.29, 0.717) is 41.5 Å². The Hall–Kier alpha value is -3.61. The van der Waals surface area contributed by atoms with Crippen molar-refractivity contribution in [1.82, 2.24) is 15.2 Å². The predicted molar refractivity (Wildman–Crippen MR) is 126 cm³/mol. The number of carbonyl (C=O) groups excluding carboxylic acids is 1. The number of nitriles is 1. The van der Waals surface area contributed by atoms with E-state index in [-0.39, 0.29) is 12.0 Å². The van der Waals surface area contributed by atoms with Gasteiger partial charge in [0.15, 0.2) is 0 Å². The molecular formula is C24H27N7O2. The molecule has 3 heterocycles. The smallest absolute Gasteiger partial charge is 0.338 e. The number of carbonyl (C=O) groups is 1. The zero-order valence-electron chi connectivity index (χ0n) is 19.0. The fraction of sp³-hybridized carbons (Fsp3) is 0.375. The van der Waals surface area contributed by atoms with Crippen LogP contribution in [0.3, 0.4) is 0 Å². The number of anilines is 1. The SMILES string of the molecule is CC(=N)/C(CN1CCN[C@H](c2ccc3c(c2C)COC3=O)C1)=N\Nc1cc(C)c(C#N)cn1. The molecule has 0 unspecified atom stereocenters. The molecule has 2 aliphatic rings. The highest BCUT2D eigenvalue weighted by atomic mass is 16.5. The fourth-order valence-electron chi connectivity index (χ4n) is 4.22. The first kappa shape index (κ1) is 22.6. The van der Waals surface area contributed by atoms with E-state index < -0.39 is 0 Å². The molecule has 4 rings (SSSR count). The molecule has 0 aliphatic carbocycles. The maximum atomic E-state index is 11.9. The van der Waals surface area contributed by atoms with Gasteiger partial charge >= 0.3 is 5.97 Å². The third-order valence-corrected chi connectivity index (χ3v) is 6.19. The van der Waals surface area contributed by atoms with E-state index in [1.54, 1.807) is 13.0 Å². The van der Waals surface area contributed by atoms with Gasteiger partial charge in [-0.15, -0.1) is 0 Å². The molecule has 3 N–H and O–H groups in total. The monoisotopic (exact) mass is 445 g/mol. The lowest BCUT2D eigenvalue weighted by molar-refractivity contribution is 0.0535. The summed E-state index contributed by atoms with van der Waals surface area (Å²) >= 11 is 0. The van der Waals surface area contributed by atoms with Gasteiger partial charge in [0, 0.05) is 44.0 Å². The number of aryl methyl sites for hydroxylation is 1. The first-order chi connectivity index (χ1) is 15.9. The summed E-state index contributed by atoms with van der Waals surface area (Å²) in [5, 5.41) is 25.2. The molecule has 1 aromatic heterocycles. The molecule has 0 bridgehead atoms. The normalized spacial score (nSPS) is 18.4. The molecule has 170 valence electrons. The number of nitrogens with one attached hydrogen (secondary N) is 3. The molecule has 33 heavy (non-hydrogen) atoms. The van der Waals surface area contributed by atoms with Crippen molar-refractivity contribution in [1.29, 1.82) is 10.7 Å². The van der Waals surface area contributed by atoms with E-state index in [2.05, 4.69) is 31.8 Å². The van der Waals surface area contributed by atoms with Gasteiger partial charge in [-0.05, 0) is 49.6 Å². The molecule has 2 aromatic rings. The largest absolute Gasteiger partial charge is 0.457 e. The summed E-state index contributed by atoms with van der Waals surface area (Å²) in [6.07, 6.45) is 1.52. The van der Waals surface area contributed by atoms with Crippen LogP contribution in [-0.4, -0.2) is 53.5 Å². The number of cyclic esters (lactones) is 1. The van der Waals surface area contributed by atoms with Crippen molar-refractivity contribution in [2.45, 2.75) is 33.4 Å². The minimum atomic E-state index is -0.250. The van der Waals surface area contributed by atoms with Crippen LogP contribution in [0.1, 0.15) is 51.1 Å². The highest BCUT2D eigenvalue weighted by molar-refractivity contribution is 6.41. The van der Waals surface area contributed by atoms with Gasteiger partial charge in [0.05, 0.1) is 22.6 Å². The summed E-state index contributed by atoms with van der Waals surface area (Å²) in [5.74, 6) is 0.286. The van der Waals surface area contributed by atoms with E-state index >= 15 is 0 Å². The number of piperazine rings is 1. The van der Waals surface area contributed by atoms with Gasteiger partial charge in [0.1, 0.15) is 18.5 Å². The fourth-order valence-corrected chi connectivity index (χ4v) is 4.22. The number of aromatic nitrogens is 1. The lowest BCUT2D eigenvalue weighted by Crippen LogP contribution is -2.48. The number of hydrogen-bond acceptors (Lipinski definition) is 9. The van der Waals surface area contributed by atoms with Crippen LogP contribution in [0.15, 0.2) is 29.5 Å². The lowest BCUT2D eigenvalue weighted by atomic mass is 9.93. The standard InChI is InChI=1S/C24H27N7O2/c1-14-8-23(28-10-17(14)9-25)30-29-21(16(3)26)11-31-7-6-27-22(12-31)18-4-5-19-20(15(18)2)13-33-24(19)32/h4-5,8,10,22,26-27H,6-7,11-13H2,1-3H3,(H,28,30)/b26-16?,29-21-/t22-/m0/s1. The van der Waals surface area contributed by atoms with Crippen LogP contribution >= 0.6 is 0 Å². The van der Waals surface area contributed by atoms with Crippen molar-refractivity contribution in [3.05, 3.63) is 57.8 Å². The average molecular weight is 446 g/mol. The van der Waals surface area contributed by atoms with Crippen molar-refractivity contribution in [3.8, 4) is 6.07 Å². The zero-order chi connectivity index (χ0) is 23.5. The van der Waals surface area contributed by atoms with E-state index in [1.165, 1.54) is 6.20 Å². The molecule has 1 atom stereocenters. The van der Waals surface area contributed by atoms with Gasteiger partial charge in [0.25, 0.3) is 0 Å². The number of pyridine rings is 1. The van der Waals surface area contributed by atoms with Gasteiger partial charge in [-0.3, -0.25) is 10.3 Å². The van der Waals surface area contributed by atoms with Crippen LogP contribution in [0.5, 0.6) is 0 Å². The Morgan fingerprint density at radius 1 is 1.45 bits per heavy atom. The van der Waals surface area contributed by atoms with Crippen molar-refractivity contribution in [2.24, 2.45) is 5.10 Å². The minimum absolute atomic E-state index is 0.114. The number of ether oxygens (including phenoxy) is 1. The first-order valence-corrected chi connectivity index (χ1v) is 10.9. The summed E-state index contributed by atoms with van der Waals surface area (Å²) in [4.78, 5) is 18.3. The first-order valence-electron chi connectivity index (χ1n) is 10.9. The second kappa shape index (κ2) is 9.48. The van der Waals surface area contributed by atoms with Crippen LogP contribution in [-0.2, 0) is 11.3 Å². The third kappa shape index (κ3) is 4.77. The van der Waals surface area contributed by atoms with E-state index in [9.17, 15) is 4.79 Å². The maximum absolute atomic E-state index is 11.9. The van der Waals surface area contributed by atoms with Gasteiger partial charge in [-0.25, -0.2) is 9.78 Å². The van der Waals surface area contributed by atoms with E-state index in [1.807, 2.05) is 26.0 Å². The molecule has 0 spiro atoms. The van der Waals surface area contributed by atoms with E-state index in [0.717, 1.165) is 41.9 Å². The number of rotatable bonds is 6. The van der Waals surface area contributed by atoms with Crippen LogP contribution in [0.4, 0.5) is 5.82 Å². The van der Waals surface area contributed by atoms with E-state index in [4.69, 9.17) is 15.4 Å². The molecule has 1 saturated heterocycles. The molecule has 0 amide bonds. The van der Waals surface area contributed by atoms with Crippen molar-refractivity contribution in [2.75, 3.05) is 31.6 Å². The molecule has 0 radical (unpaired) electrons. The number of hydrogen-bond donors (Lipinski definition) is 3. The number of nitrogens with zero attached hydrogens (tertiary/aromatic N) is 4. The topological polar surface area (TPSA) is 126 Å². The summed E-state index contributed by atoms with van der Waals surface area (Å²) in [6, 6.07) is 7.86. The molecule has 9 nitrogen and oxygen atoms in total. The third-order valence-electron chi connectivity index (χ3n) is 6.19. The summed E-state index contributed by atoms with van der Waals surface area (Å²) in [5.41, 5.74) is 9.18. The second-order valence-corrected chi connectivity index (χ2v) is 8.42. The van der Waals surface area contributed by atoms with Crippen LogP contribution < -0.4 is 10.7 Å². The Balaban J connectivity index is 1.47. The summed E-state index contributed by atoms with van der Waals surface area (Å²) in [6.45, 7) is 8.88. The highest BCUT2D eigenvalue weighted by Crippen LogP contribution is 2.30. The number of benzene rings is 1. The Labute approximate surface area is 193 Å². The molecule has 9 heteroatoms.